The monoisotopic (exact) mass is 700 g/mol. The summed E-state index contributed by atoms with van der Waals surface area (Å²) in [6.45, 7) is 1.74. The maximum absolute atomic E-state index is 14.4. The van der Waals surface area contributed by atoms with Crippen LogP contribution in [0.3, 0.4) is 0 Å². The molecule has 1 aliphatic rings. The fourth-order valence-corrected chi connectivity index (χ4v) is 6.39. The van der Waals surface area contributed by atoms with E-state index in [-0.39, 0.29) is 34.9 Å². The predicted molar refractivity (Wildman–Crippen MR) is 163 cm³/mol. The molecule has 2 atom stereocenters. The van der Waals surface area contributed by atoms with Crippen LogP contribution in [0.4, 0.5) is 23.2 Å². The van der Waals surface area contributed by atoms with Gasteiger partial charge in [0.25, 0.3) is 10.0 Å². The van der Waals surface area contributed by atoms with Crippen molar-refractivity contribution in [3.05, 3.63) is 76.2 Å². The van der Waals surface area contributed by atoms with Crippen molar-refractivity contribution >= 4 is 51.4 Å². The predicted octanol–water partition coefficient (Wildman–Crippen LogP) is 6.30. The number of alkyl halides is 3. The van der Waals surface area contributed by atoms with Gasteiger partial charge in [0, 0.05) is 25.1 Å². The first-order chi connectivity index (χ1) is 22.1. The molecule has 47 heavy (non-hydrogen) atoms. The Morgan fingerprint density at radius 3 is 2.60 bits per heavy atom. The van der Waals surface area contributed by atoms with Gasteiger partial charge in [0.2, 0.25) is 5.88 Å². The smallest absolute Gasteiger partial charge is 0.417 e. The van der Waals surface area contributed by atoms with Crippen molar-refractivity contribution in [2.45, 2.75) is 50.0 Å². The molecule has 2 unspecified atom stereocenters. The molecule has 0 saturated heterocycles. The zero-order valence-corrected chi connectivity index (χ0v) is 26.8. The van der Waals surface area contributed by atoms with E-state index in [0.29, 0.717) is 17.8 Å². The lowest BCUT2D eigenvalue weighted by atomic mass is 10.1. The number of methoxy groups -OCH3 is 1. The maximum atomic E-state index is 14.4. The van der Waals surface area contributed by atoms with Crippen molar-refractivity contribution < 1.29 is 54.5 Å². The third-order valence-corrected chi connectivity index (χ3v) is 8.89. The van der Waals surface area contributed by atoms with E-state index in [2.05, 4.69) is 9.72 Å². The van der Waals surface area contributed by atoms with Crippen molar-refractivity contribution in [3.63, 3.8) is 0 Å². The number of benzene rings is 2. The number of nitrogens with zero attached hydrogens (tertiary/aromatic N) is 2. The molecule has 0 spiro atoms. The van der Waals surface area contributed by atoms with Gasteiger partial charge >= 0.3 is 18.1 Å². The fraction of sp³-hybridized carbons (Fsp3) is 0.323. The van der Waals surface area contributed by atoms with Crippen LogP contribution in [-0.2, 0) is 35.3 Å². The molecule has 16 heteroatoms. The first-order valence-corrected chi connectivity index (χ1v) is 15.8. The highest BCUT2D eigenvalue weighted by atomic mass is 35.5. The van der Waals surface area contributed by atoms with Crippen LogP contribution in [0.1, 0.15) is 43.4 Å². The van der Waals surface area contributed by atoms with E-state index in [1.165, 1.54) is 56.5 Å². The highest BCUT2D eigenvalue weighted by Crippen LogP contribution is 2.41. The van der Waals surface area contributed by atoms with Crippen molar-refractivity contribution in [1.29, 1.82) is 0 Å². The summed E-state index contributed by atoms with van der Waals surface area (Å²) in [7, 11) is -3.71. The zero-order valence-electron chi connectivity index (χ0n) is 25.2. The highest BCUT2D eigenvalue weighted by Gasteiger charge is 2.40. The number of carbonyl (C=O) groups is 2. The number of aromatic nitrogens is 1. The van der Waals surface area contributed by atoms with E-state index in [1.807, 2.05) is 0 Å². The van der Waals surface area contributed by atoms with E-state index in [0.717, 1.165) is 11.2 Å². The van der Waals surface area contributed by atoms with Gasteiger partial charge in [-0.3, -0.25) is 13.9 Å². The van der Waals surface area contributed by atoms with Crippen molar-refractivity contribution in [2.75, 3.05) is 24.6 Å². The van der Waals surface area contributed by atoms with Gasteiger partial charge in [-0.05, 0) is 55.3 Å². The Labute approximate surface area is 272 Å². The molecular weight excluding hydrogens is 672 g/mol. The maximum Gasteiger partial charge on any atom is 0.417 e. The Bertz CT molecular complexity index is 1770. The topological polar surface area (TPSA) is 121 Å². The molecule has 0 bridgehead atoms. The van der Waals surface area contributed by atoms with Crippen LogP contribution < -0.4 is 13.8 Å². The zero-order chi connectivity index (χ0) is 34.5. The van der Waals surface area contributed by atoms with Crippen molar-refractivity contribution in [1.82, 2.24) is 4.98 Å². The standard InChI is InChI=1S/C31H29ClF4N2O8S/c1-18(45-19(2)39)17-44-30-28(14-21(15-37-30)31(34,35)36)47(41,42)38-16-22(9-12-29(40)43-3)46-27-11-8-20(13-26(27)38)7-10-23-24(32)5-4-6-25(23)33/h4-8,10-11,13-15,18,22H,9,12,16-17H2,1-3H3. The number of ether oxygens (including phenoxy) is 4. The second kappa shape index (κ2) is 14.6. The van der Waals surface area contributed by atoms with Crippen LogP contribution in [-0.4, -0.2) is 57.8 Å². The lowest BCUT2D eigenvalue weighted by Gasteiger charge is -2.36. The lowest BCUT2D eigenvalue weighted by Crippen LogP contribution is -2.44. The van der Waals surface area contributed by atoms with Crippen LogP contribution in [0.2, 0.25) is 5.02 Å². The Morgan fingerprint density at radius 2 is 1.94 bits per heavy atom. The number of hydrogen-bond acceptors (Lipinski definition) is 9. The van der Waals surface area contributed by atoms with Crippen LogP contribution in [0, 0.1) is 5.82 Å². The minimum atomic E-state index is -4.96. The molecule has 2 aromatic carbocycles. The van der Waals surface area contributed by atoms with E-state index < -0.39 is 75.7 Å². The number of rotatable bonds is 11. The van der Waals surface area contributed by atoms with Crippen LogP contribution >= 0.6 is 11.6 Å². The molecule has 0 fully saturated rings. The van der Waals surface area contributed by atoms with Gasteiger partial charge in [0.1, 0.15) is 30.4 Å². The van der Waals surface area contributed by atoms with Crippen molar-refractivity contribution in [2.24, 2.45) is 0 Å². The number of sulfonamides is 1. The third kappa shape index (κ3) is 8.71. The number of pyridine rings is 1. The van der Waals surface area contributed by atoms with Crippen molar-refractivity contribution in [3.8, 4) is 11.6 Å². The molecule has 4 rings (SSSR count). The third-order valence-electron chi connectivity index (χ3n) is 6.79. The summed E-state index contributed by atoms with van der Waals surface area (Å²) >= 11 is 6.12. The van der Waals surface area contributed by atoms with Crippen LogP contribution in [0.15, 0.2) is 53.6 Å². The van der Waals surface area contributed by atoms with Crippen LogP contribution in [0.5, 0.6) is 11.6 Å². The SMILES string of the molecule is COC(=O)CCC1CN(S(=O)(=O)c2cc(C(F)(F)F)cnc2OCC(C)OC(C)=O)c2cc(C=Cc3c(F)cccc3Cl)ccc2O1. The Balaban J connectivity index is 1.81. The second-order valence-corrected chi connectivity index (χ2v) is 12.6. The molecule has 1 aliphatic heterocycles. The van der Waals surface area contributed by atoms with E-state index >= 15 is 0 Å². The number of halogens is 5. The summed E-state index contributed by atoms with van der Waals surface area (Å²) in [5.74, 6) is -2.46. The largest absolute Gasteiger partial charge is 0.486 e. The van der Waals surface area contributed by atoms with Crippen LogP contribution in [0.25, 0.3) is 12.2 Å². The first kappa shape index (κ1) is 35.5. The lowest BCUT2D eigenvalue weighted by molar-refractivity contribution is -0.147. The van der Waals surface area contributed by atoms with Gasteiger partial charge in [-0.25, -0.2) is 17.8 Å². The molecule has 0 saturated carbocycles. The second-order valence-electron chi connectivity index (χ2n) is 10.3. The number of carbonyl (C=O) groups excluding carboxylic acids is 2. The summed E-state index contributed by atoms with van der Waals surface area (Å²) in [4.78, 5) is 25.9. The molecule has 10 nitrogen and oxygen atoms in total. The summed E-state index contributed by atoms with van der Waals surface area (Å²) in [5.41, 5.74) is -0.965. The number of hydrogen-bond donors (Lipinski definition) is 0. The molecular formula is C31H29ClF4N2O8S. The molecule has 1 aromatic heterocycles. The summed E-state index contributed by atoms with van der Waals surface area (Å²) in [6, 6.07) is 8.91. The molecule has 0 N–H and O–H groups in total. The minimum absolute atomic E-state index is 0.00959. The van der Waals surface area contributed by atoms with Gasteiger partial charge in [-0.1, -0.05) is 29.8 Å². The normalized spacial score (nSPS) is 15.5. The quantitative estimate of drug-likeness (QED) is 0.129. The van der Waals surface area contributed by atoms with Gasteiger partial charge in [-0.15, -0.1) is 0 Å². The van der Waals surface area contributed by atoms with E-state index in [1.54, 1.807) is 6.07 Å². The van der Waals surface area contributed by atoms with Gasteiger partial charge in [-0.2, -0.15) is 13.2 Å². The summed E-state index contributed by atoms with van der Waals surface area (Å²) < 4.78 is 106. The average molecular weight is 701 g/mol. The van der Waals surface area contributed by atoms with E-state index in [4.69, 9.17) is 25.8 Å². The fourth-order valence-electron chi connectivity index (χ4n) is 4.55. The number of anilines is 1. The number of fused-ring (bicyclic) bond motifs is 1. The Morgan fingerprint density at radius 1 is 1.19 bits per heavy atom. The molecule has 0 amide bonds. The van der Waals surface area contributed by atoms with Gasteiger partial charge in [0.15, 0.2) is 4.90 Å². The first-order valence-electron chi connectivity index (χ1n) is 14.0. The Hall–Kier alpha value is -4.37. The van der Waals surface area contributed by atoms with Gasteiger partial charge < -0.3 is 18.9 Å². The van der Waals surface area contributed by atoms with Gasteiger partial charge in [0.05, 0.1) is 29.9 Å². The Kier molecular flexibility index (Phi) is 11.0. The molecule has 0 radical (unpaired) electrons. The molecule has 2 heterocycles. The number of esters is 2. The summed E-state index contributed by atoms with van der Waals surface area (Å²) in [5, 5.41) is 0.132. The molecule has 0 aliphatic carbocycles. The highest BCUT2D eigenvalue weighted by molar-refractivity contribution is 7.93. The minimum Gasteiger partial charge on any atom is -0.486 e. The van der Waals surface area contributed by atoms with E-state index in [9.17, 15) is 35.6 Å². The summed E-state index contributed by atoms with van der Waals surface area (Å²) in [6.07, 6.45) is -3.62. The average Bonchev–Trinajstić information content (AvgIpc) is 3.01. The molecule has 252 valence electrons. The molecule has 3 aromatic rings.